The summed E-state index contributed by atoms with van der Waals surface area (Å²) in [5, 5.41) is 15.3. The van der Waals surface area contributed by atoms with Crippen LogP contribution in [0.1, 0.15) is 74.4 Å². The zero-order valence-electron chi connectivity index (χ0n) is 19.4. The Kier molecular flexibility index (Phi) is 7.35. The van der Waals surface area contributed by atoms with Crippen LogP contribution in [0.25, 0.3) is 0 Å². The number of hydrogen-bond acceptors (Lipinski definition) is 6. The molecule has 1 N–H and O–H groups in total. The number of halogens is 1. The van der Waals surface area contributed by atoms with Gasteiger partial charge in [0.05, 0.1) is 19.1 Å². The normalized spacial score (nSPS) is 23.6. The molecule has 0 unspecified atom stereocenters. The van der Waals surface area contributed by atoms with Gasteiger partial charge in [-0.05, 0) is 47.7 Å². The lowest BCUT2D eigenvalue weighted by Crippen LogP contribution is -2.49. The second kappa shape index (κ2) is 9.37. The van der Waals surface area contributed by atoms with Crippen LogP contribution in [0.4, 0.5) is 0 Å². The fraction of sp³-hybridized carbons (Fsp3) is 0.542. The number of nitrogens with zero attached hydrogens (tertiary/aromatic N) is 2. The van der Waals surface area contributed by atoms with Gasteiger partial charge in [-0.25, -0.2) is 4.98 Å². The average Bonchev–Trinajstić information content (AvgIpc) is 3.31. The Bertz CT molecular complexity index is 988. The number of aliphatic hydroxyl groups is 1. The van der Waals surface area contributed by atoms with Crippen LogP contribution < -0.4 is 0 Å². The molecule has 5 nitrogen and oxygen atoms in total. The minimum Gasteiger partial charge on any atom is -0.490 e. The number of methoxy groups -OCH3 is 1. The number of aromatic nitrogens is 1. The Morgan fingerprint density at radius 3 is 2.62 bits per heavy atom. The second-order valence-electron chi connectivity index (χ2n) is 9.85. The number of ether oxygens (including phenoxy) is 1. The van der Waals surface area contributed by atoms with Crippen LogP contribution >= 0.6 is 35.2 Å². The fourth-order valence-corrected chi connectivity index (χ4v) is 6.04. The zero-order chi connectivity index (χ0) is 23.8. The van der Waals surface area contributed by atoms with Crippen LogP contribution in [0.2, 0.25) is 5.02 Å². The lowest BCUT2D eigenvalue weighted by atomic mass is 9.86. The molecule has 0 aliphatic carbocycles. The predicted molar refractivity (Wildman–Crippen MR) is 133 cm³/mol. The summed E-state index contributed by atoms with van der Waals surface area (Å²) in [6.45, 7) is 10.3. The molecule has 1 aromatic heterocycles. The van der Waals surface area contributed by atoms with Crippen LogP contribution in [0, 0.1) is 11.8 Å². The maximum Gasteiger partial charge on any atom is 0.256 e. The van der Waals surface area contributed by atoms with Crippen LogP contribution in [-0.4, -0.2) is 38.8 Å². The molecule has 0 saturated carbocycles. The van der Waals surface area contributed by atoms with E-state index in [-0.39, 0.29) is 23.2 Å². The van der Waals surface area contributed by atoms with E-state index in [0.717, 1.165) is 10.6 Å². The third kappa shape index (κ3) is 4.86. The maximum atomic E-state index is 13.9. The first-order valence-corrected chi connectivity index (χ1v) is 12.4. The van der Waals surface area contributed by atoms with E-state index in [1.165, 1.54) is 18.4 Å². The van der Waals surface area contributed by atoms with E-state index in [0.29, 0.717) is 28.5 Å². The van der Waals surface area contributed by atoms with Crippen molar-refractivity contribution < 1.29 is 14.6 Å². The van der Waals surface area contributed by atoms with Crippen molar-refractivity contribution in [2.45, 2.75) is 64.6 Å². The molecule has 3 atom stereocenters. The number of rotatable bonds is 5. The van der Waals surface area contributed by atoms with Gasteiger partial charge in [-0.3, -0.25) is 9.69 Å². The number of thiocarbonyl (C=S) groups is 1. The van der Waals surface area contributed by atoms with Gasteiger partial charge in [-0.1, -0.05) is 52.3 Å². The maximum absolute atomic E-state index is 13.9. The molecule has 1 aliphatic heterocycles. The third-order valence-corrected chi connectivity index (χ3v) is 7.47. The molecule has 2 aromatic rings. The van der Waals surface area contributed by atoms with Crippen molar-refractivity contribution in [3.05, 3.63) is 50.9 Å². The summed E-state index contributed by atoms with van der Waals surface area (Å²) in [6.07, 6.45) is 2.41. The molecule has 1 fully saturated rings. The molecular formula is C24H31ClN2O3S2. The van der Waals surface area contributed by atoms with Crippen molar-refractivity contribution in [2.24, 2.45) is 11.8 Å². The number of thiazole rings is 1. The summed E-state index contributed by atoms with van der Waals surface area (Å²) in [4.78, 5) is 20.0. The van der Waals surface area contributed by atoms with Crippen LogP contribution in [0.5, 0.6) is 0 Å². The lowest BCUT2D eigenvalue weighted by Gasteiger charge is -2.38. The second-order valence-corrected chi connectivity index (χ2v) is 11.6. The minimum atomic E-state index is -1.38. The van der Waals surface area contributed by atoms with Crippen LogP contribution in [0.3, 0.4) is 0 Å². The zero-order valence-corrected chi connectivity index (χ0v) is 21.8. The summed E-state index contributed by atoms with van der Waals surface area (Å²) in [7, 11) is 1.53. The largest absolute Gasteiger partial charge is 0.490 e. The summed E-state index contributed by atoms with van der Waals surface area (Å²) in [5.41, 5.74) is -0.145. The Morgan fingerprint density at radius 2 is 2.12 bits per heavy atom. The Labute approximate surface area is 204 Å². The quantitative estimate of drug-likeness (QED) is 0.516. The van der Waals surface area contributed by atoms with Crippen molar-refractivity contribution in [3.8, 4) is 0 Å². The van der Waals surface area contributed by atoms with Crippen molar-refractivity contribution in [1.29, 1.82) is 0 Å². The average molecular weight is 495 g/mol. The molecule has 174 valence electrons. The number of carbonyl (C=O) groups excluding carboxylic acids is 1. The first-order valence-electron chi connectivity index (χ1n) is 10.7. The topological polar surface area (TPSA) is 62.7 Å². The summed E-state index contributed by atoms with van der Waals surface area (Å²) >= 11 is 13.5. The van der Waals surface area contributed by atoms with Gasteiger partial charge in [-0.15, -0.1) is 11.3 Å². The van der Waals surface area contributed by atoms with E-state index in [4.69, 9.17) is 28.6 Å². The summed E-state index contributed by atoms with van der Waals surface area (Å²) < 4.78 is 5.40. The van der Waals surface area contributed by atoms with Crippen molar-refractivity contribution in [1.82, 2.24) is 9.88 Å². The molecule has 1 amide bonds. The number of likely N-dealkylation sites (tertiary alicyclic amines) is 1. The summed E-state index contributed by atoms with van der Waals surface area (Å²) in [5.74, 6) is -0.482. The summed E-state index contributed by atoms with van der Waals surface area (Å²) in [6, 6.07) is 4.86. The Hall–Kier alpha value is -1.54. The Morgan fingerprint density at radius 1 is 1.44 bits per heavy atom. The molecule has 32 heavy (non-hydrogen) atoms. The molecule has 0 bridgehead atoms. The van der Waals surface area contributed by atoms with Gasteiger partial charge >= 0.3 is 0 Å². The first kappa shape index (κ1) is 25.1. The van der Waals surface area contributed by atoms with Gasteiger partial charge in [0.25, 0.3) is 5.91 Å². The Balaban J connectivity index is 2.12. The van der Waals surface area contributed by atoms with Gasteiger partial charge in [-0.2, -0.15) is 0 Å². The van der Waals surface area contributed by atoms with Crippen molar-refractivity contribution in [2.75, 3.05) is 7.11 Å². The van der Waals surface area contributed by atoms with E-state index in [1.807, 2.05) is 25.3 Å². The molecule has 0 radical (unpaired) electrons. The van der Waals surface area contributed by atoms with E-state index in [1.54, 1.807) is 23.2 Å². The van der Waals surface area contributed by atoms with Gasteiger partial charge in [0, 0.05) is 28.6 Å². The molecule has 1 aromatic carbocycles. The van der Waals surface area contributed by atoms with Crippen LogP contribution in [-0.2, 0) is 10.2 Å². The van der Waals surface area contributed by atoms with Gasteiger partial charge in [0.15, 0.2) is 5.05 Å². The fourth-order valence-electron chi connectivity index (χ4n) is 4.57. The molecule has 3 rings (SSSR count). The van der Waals surface area contributed by atoms with Crippen molar-refractivity contribution in [3.63, 3.8) is 0 Å². The van der Waals surface area contributed by atoms with Gasteiger partial charge in [0.2, 0.25) is 0 Å². The highest BCUT2D eigenvalue weighted by Crippen LogP contribution is 2.50. The lowest BCUT2D eigenvalue weighted by molar-refractivity contribution is -0.0868. The predicted octanol–water partition coefficient (Wildman–Crippen LogP) is 6.01. The monoisotopic (exact) mass is 494 g/mol. The number of amides is 1. The first-order chi connectivity index (χ1) is 14.9. The highest BCUT2D eigenvalue weighted by atomic mass is 35.5. The van der Waals surface area contributed by atoms with Crippen LogP contribution in [0.15, 0.2) is 29.8 Å². The molecule has 2 heterocycles. The molecule has 8 heteroatoms. The minimum absolute atomic E-state index is 0.149. The highest BCUT2D eigenvalue weighted by molar-refractivity contribution is 7.80. The highest BCUT2D eigenvalue weighted by Gasteiger charge is 2.56. The number of carbonyl (C=O) groups is 1. The van der Waals surface area contributed by atoms with E-state index >= 15 is 0 Å². The molecular weight excluding hydrogens is 464 g/mol. The molecule has 1 aliphatic rings. The van der Waals surface area contributed by atoms with E-state index < -0.39 is 11.8 Å². The smallest absolute Gasteiger partial charge is 0.256 e. The molecule has 1 saturated heterocycles. The number of benzene rings is 1. The van der Waals surface area contributed by atoms with Crippen molar-refractivity contribution >= 4 is 46.1 Å². The van der Waals surface area contributed by atoms with E-state index in [9.17, 15) is 9.90 Å². The third-order valence-electron chi connectivity index (χ3n) is 5.84. The van der Waals surface area contributed by atoms with Gasteiger partial charge in [0.1, 0.15) is 10.7 Å². The number of hydrogen-bond donors (Lipinski definition) is 1. The standard InChI is InChI=1S/C24H31ClN2O3S2/c1-14(2)12-24(29)13-16(22(31)30-6)19(20-26-9-10-32-20)27(24)21(28)15-7-8-17(18(25)11-15)23(3,4)5/h7-11,14,16,19,29H,12-13H2,1-6H3/t16-,19+,24+/m0/s1. The molecule has 0 spiro atoms. The SMILES string of the molecule is COC(=S)[C@H]1C[C@](O)(CC(C)C)N(C(=O)c2ccc(C(C)(C)C)c(Cl)c2)[C@H]1c1nccs1. The van der Waals surface area contributed by atoms with Gasteiger partial charge < -0.3 is 9.84 Å². The van der Waals surface area contributed by atoms with E-state index in [2.05, 4.69) is 25.8 Å².